The average molecular weight is 279 g/mol. The minimum absolute atomic E-state index is 0.241. The van der Waals surface area contributed by atoms with Crippen molar-refractivity contribution in [2.45, 2.75) is 20.0 Å². The molecular formula is C14H21N3O3. The Hall–Kier alpha value is -1.82. The first kappa shape index (κ1) is 14.6. The highest BCUT2D eigenvalue weighted by molar-refractivity contribution is 5.68. The second kappa shape index (κ2) is 6.56. The molecule has 1 aromatic heterocycles. The first-order valence-corrected chi connectivity index (χ1v) is 6.92. The maximum absolute atomic E-state index is 11.6. The Morgan fingerprint density at radius 2 is 2.10 bits per heavy atom. The third-order valence-electron chi connectivity index (χ3n) is 3.37. The molecule has 2 heterocycles. The molecule has 110 valence electrons. The van der Waals surface area contributed by atoms with Crippen LogP contribution in [0, 0.1) is 0 Å². The number of aliphatic hydroxyl groups is 1. The van der Waals surface area contributed by atoms with Gasteiger partial charge in [-0.1, -0.05) is 0 Å². The Labute approximate surface area is 119 Å². The summed E-state index contributed by atoms with van der Waals surface area (Å²) in [5, 5.41) is 9.44. The summed E-state index contributed by atoms with van der Waals surface area (Å²) in [5.41, 5.74) is 1.68. The van der Waals surface area contributed by atoms with E-state index in [0.29, 0.717) is 25.4 Å². The van der Waals surface area contributed by atoms with Gasteiger partial charge in [0.05, 0.1) is 30.3 Å². The van der Waals surface area contributed by atoms with Crippen molar-refractivity contribution in [2.75, 3.05) is 37.7 Å². The topological polar surface area (TPSA) is 65.9 Å². The highest BCUT2D eigenvalue weighted by Gasteiger charge is 2.22. The van der Waals surface area contributed by atoms with Gasteiger partial charge in [-0.15, -0.1) is 0 Å². The molecule has 1 aromatic rings. The second-order valence-corrected chi connectivity index (χ2v) is 4.79. The summed E-state index contributed by atoms with van der Waals surface area (Å²) in [5.74, 6) is 0. The van der Waals surface area contributed by atoms with Gasteiger partial charge in [0.25, 0.3) is 0 Å². The predicted molar refractivity (Wildman–Crippen MR) is 75.7 cm³/mol. The van der Waals surface area contributed by atoms with Crippen LogP contribution >= 0.6 is 0 Å². The van der Waals surface area contributed by atoms with Crippen LogP contribution in [0.25, 0.3) is 0 Å². The number of rotatable bonds is 3. The molecule has 1 N–H and O–H groups in total. The van der Waals surface area contributed by atoms with Crippen LogP contribution in [0.2, 0.25) is 0 Å². The van der Waals surface area contributed by atoms with Gasteiger partial charge in [0.15, 0.2) is 0 Å². The number of aliphatic hydroxyl groups excluding tert-OH is 1. The van der Waals surface area contributed by atoms with Crippen LogP contribution in [0.5, 0.6) is 0 Å². The van der Waals surface area contributed by atoms with Gasteiger partial charge >= 0.3 is 6.09 Å². The Morgan fingerprint density at radius 3 is 2.60 bits per heavy atom. The molecule has 0 aliphatic carbocycles. The number of piperazine rings is 1. The van der Waals surface area contributed by atoms with E-state index in [0.717, 1.165) is 18.8 Å². The van der Waals surface area contributed by atoms with Gasteiger partial charge in [0.1, 0.15) is 0 Å². The molecule has 6 heteroatoms. The van der Waals surface area contributed by atoms with Crippen LogP contribution in [-0.2, 0) is 4.74 Å². The number of hydrogen-bond acceptors (Lipinski definition) is 5. The Morgan fingerprint density at radius 1 is 1.40 bits per heavy atom. The fourth-order valence-electron chi connectivity index (χ4n) is 2.19. The molecule has 0 spiro atoms. The van der Waals surface area contributed by atoms with Crippen molar-refractivity contribution in [2.24, 2.45) is 0 Å². The average Bonchev–Trinajstić information content (AvgIpc) is 2.48. The summed E-state index contributed by atoms with van der Waals surface area (Å²) < 4.78 is 4.99. The van der Waals surface area contributed by atoms with Gasteiger partial charge in [-0.05, 0) is 26.0 Å². The molecule has 0 radical (unpaired) electrons. The molecule has 0 unspecified atom stereocenters. The van der Waals surface area contributed by atoms with Crippen molar-refractivity contribution in [3.8, 4) is 0 Å². The van der Waals surface area contributed by atoms with Crippen LogP contribution < -0.4 is 4.90 Å². The number of amides is 1. The van der Waals surface area contributed by atoms with E-state index in [2.05, 4.69) is 9.88 Å². The lowest BCUT2D eigenvalue weighted by atomic mass is 10.2. The van der Waals surface area contributed by atoms with Crippen molar-refractivity contribution >= 4 is 11.8 Å². The largest absolute Gasteiger partial charge is 0.450 e. The molecular weight excluding hydrogens is 258 g/mol. The van der Waals surface area contributed by atoms with Crippen LogP contribution in [0.3, 0.4) is 0 Å². The molecule has 1 aliphatic rings. The van der Waals surface area contributed by atoms with Gasteiger partial charge in [0.2, 0.25) is 0 Å². The molecule has 2 rings (SSSR count). The van der Waals surface area contributed by atoms with Crippen LogP contribution in [0.15, 0.2) is 18.3 Å². The number of anilines is 1. The van der Waals surface area contributed by atoms with Gasteiger partial charge in [-0.3, -0.25) is 4.98 Å². The molecule has 20 heavy (non-hydrogen) atoms. The first-order valence-electron chi connectivity index (χ1n) is 6.92. The maximum atomic E-state index is 11.6. The van der Waals surface area contributed by atoms with E-state index in [1.807, 2.05) is 19.1 Å². The molecule has 0 saturated carbocycles. The Kier molecular flexibility index (Phi) is 4.79. The maximum Gasteiger partial charge on any atom is 0.409 e. The smallest absolute Gasteiger partial charge is 0.409 e. The normalized spacial score (nSPS) is 16.9. The molecule has 1 amide bonds. The van der Waals surface area contributed by atoms with E-state index in [9.17, 15) is 9.90 Å². The van der Waals surface area contributed by atoms with E-state index < -0.39 is 6.10 Å². The van der Waals surface area contributed by atoms with Crippen LogP contribution in [0.4, 0.5) is 10.5 Å². The lowest BCUT2D eigenvalue weighted by Crippen LogP contribution is -2.49. The van der Waals surface area contributed by atoms with Crippen LogP contribution in [-0.4, -0.2) is 53.9 Å². The number of carbonyl (C=O) groups excluding carboxylic acids is 1. The molecule has 6 nitrogen and oxygen atoms in total. The second-order valence-electron chi connectivity index (χ2n) is 4.79. The van der Waals surface area contributed by atoms with Crippen LogP contribution in [0.1, 0.15) is 25.6 Å². The summed E-state index contributed by atoms with van der Waals surface area (Å²) in [7, 11) is 0. The number of pyridine rings is 1. The number of carbonyl (C=O) groups is 1. The third-order valence-corrected chi connectivity index (χ3v) is 3.37. The lowest BCUT2D eigenvalue weighted by Gasteiger charge is -2.35. The quantitative estimate of drug-likeness (QED) is 0.906. The van der Waals surface area contributed by atoms with Crippen molar-refractivity contribution < 1.29 is 14.6 Å². The fourth-order valence-corrected chi connectivity index (χ4v) is 2.19. The first-order chi connectivity index (χ1) is 9.61. The zero-order valence-corrected chi connectivity index (χ0v) is 12.0. The monoisotopic (exact) mass is 279 g/mol. The molecule has 1 saturated heterocycles. The predicted octanol–water partition coefficient (Wildman–Crippen LogP) is 1.41. The standard InChI is InChI=1S/C14H21N3O3/c1-3-20-14(19)17-8-6-16(7-9-17)12-4-5-13(11(2)18)15-10-12/h4-5,10-11,18H,3,6-9H2,1-2H3/t11-/m1/s1. The fraction of sp³-hybridized carbons (Fsp3) is 0.571. The van der Waals surface area contributed by atoms with Gasteiger partial charge in [-0.25, -0.2) is 4.79 Å². The summed E-state index contributed by atoms with van der Waals surface area (Å²) in [6.45, 7) is 6.73. The number of ether oxygens (including phenoxy) is 1. The van der Waals surface area contributed by atoms with Gasteiger partial charge in [0, 0.05) is 26.2 Å². The number of aromatic nitrogens is 1. The third kappa shape index (κ3) is 3.39. The summed E-state index contributed by atoms with van der Waals surface area (Å²) >= 11 is 0. The van der Waals surface area contributed by atoms with E-state index in [1.165, 1.54) is 0 Å². The molecule has 1 atom stereocenters. The highest BCUT2D eigenvalue weighted by atomic mass is 16.6. The van der Waals surface area contributed by atoms with Crippen molar-refractivity contribution in [3.63, 3.8) is 0 Å². The Balaban J connectivity index is 1.91. The van der Waals surface area contributed by atoms with E-state index in [1.54, 1.807) is 18.0 Å². The molecule has 0 aromatic carbocycles. The number of hydrogen-bond donors (Lipinski definition) is 1. The molecule has 1 aliphatic heterocycles. The SMILES string of the molecule is CCOC(=O)N1CCN(c2ccc([C@@H](C)O)nc2)CC1. The summed E-state index contributed by atoms with van der Waals surface area (Å²) in [6.07, 6.45) is 0.974. The van der Waals surface area contributed by atoms with Gasteiger partial charge < -0.3 is 19.6 Å². The minimum atomic E-state index is -0.551. The Bertz CT molecular complexity index is 439. The van der Waals surface area contributed by atoms with E-state index in [-0.39, 0.29) is 6.09 Å². The van der Waals surface area contributed by atoms with E-state index >= 15 is 0 Å². The van der Waals surface area contributed by atoms with E-state index in [4.69, 9.17) is 4.74 Å². The minimum Gasteiger partial charge on any atom is -0.450 e. The number of nitrogens with zero attached hydrogens (tertiary/aromatic N) is 3. The highest BCUT2D eigenvalue weighted by Crippen LogP contribution is 2.18. The zero-order chi connectivity index (χ0) is 14.5. The lowest BCUT2D eigenvalue weighted by molar-refractivity contribution is 0.105. The molecule has 0 bridgehead atoms. The zero-order valence-electron chi connectivity index (χ0n) is 12.0. The van der Waals surface area contributed by atoms with Crippen molar-refractivity contribution in [3.05, 3.63) is 24.0 Å². The molecule has 1 fully saturated rings. The van der Waals surface area contributed by atoms with Crippen molar-refractivity contribution in [1.82, 2.24) is 9.88 Å². The van der Waals surface area contributed by atoms with Crippen molar-refractivity contribution in [1.29, 1.82) is 0 Å². The summed E-state index contributed by atoms with van der Waals surface area (Å²) in [4.78, 5) is 19.7. The summed E-state index contributed by atoms with van der Waals surface area (Å²) in [6, 6.07) is 3.78. The van der Waals surface area contributed by atoms with Gasteiger partial charge in [-0.2, -0.15) is 0 Å².